The van der Waals surface area contributed by atoms with Crippen molar-refractivity contribution in [2.45, 2.75) is 12.7 Å². The molecule has 0 radical (unpaired) electrons. The van der Waals surface area contributed by atoms with Crippen LogP contribution in [0.15, 0.2) is 48.9 Å². The predicted molar refractivity (Wildman–Crippen MR) is 83.0 cm³/mol. The smallest absolute Gasteiger partial charge is 0.350 e. The number of benzene rings is 1. The number of anilines is 1. The molecule has 1 aromatic carbocycles. The van der Waals surface area contributed by atoms with E-state index in [-0.39, 0.29) is 5.95 Å². The summed E-state index contributed by atoms with van der Waals surface area (Å²) in [4.78, 5) is 7.30. The Morgan fingerprint density at radius 3 is 2.71 bits per heavy atom. The molecule has 0 spiro atoms. The topological polar surface area (TPSA) is 55.6 Å². The van der Waals surface area contributed by atoms with E-state index >= 15 is 0 Å². The lowest BCUT2D eigenvalue weighted by Gasteiger charge is -2.09. The highest BCUT2D eigenvalue weighted by molar-refractivity contribution is 5.62. The van der Waals surface area contributed by atoms with Crippen molar-refractivity contribution in [1.82, 2.24) is 19.7 Å². The Bertz CT molecular complexity index is 841. The zero-order chi connectivity index (χ0) is 17.2. The monoisotopic (exact) mass is 333 g/mol. The van der Waals surface area contributed by atoms with E-state index in [9.17, 15) is 13.2 Å². The Morgan fingerprint density at radius 1 is 1.17 bits per heavy atom. The van der Waals surface area contributed by atoms with Gasteiger partial charge in [-0.05, 0) is 23.3 Å². The molecule has 1 N–H and O–H groups in total. The van der Waals surface area contributed by atoms with Crippen LogP contribution < -0.4 is 5.32 Å². The fourth-order valence-corrected chi connectivity index (χ4v) is 2.21. The third-order valence-electron chi connectivity index (χ3n) is 3.36. The average molecular weight is 333 g/mol. The molecule has 8 heteroatoms. The summed E-state index contributed by atoms with van der Waals surface area (Å²) < 4.78 is 39.6. The highest BCUT2D eigenvalue weighted by atomic mass is 19.4. The third kappa shape index (κ3) is 3.70. The lowest BCUT2D eigenvalue weighted by Crippen LogP contribution is -2.11. The molecule has 0 unspecified atom stereocenters. The molecule has 3 aromatic rings. The van der Waals surface area contributed by atoms with Crippen molar-refractivity contribution in [3.63, 3.8) is 0 Å². The van der Waals surface area contributed by atoms with E-state index in [4.69, 9.17) is 0 Å². The molecule has 2 heterocycles. The summed E-state index contributed by atoms with van der Waals surface area (Å²) >= 11 is 0. The maximum absolute atomic E-state index is 12.6. The van der Waals surface area contributed by atoms with E-state index in [1.807, 2.05) is 37.5 Å². The molecule has 0 saturated heterocycles. The van der Waals surface area contributed by atoms with Gasteiger partial charge in [-0.15, -0.1) is 0 Å². The number of nitrogens with zero attached hydrogens (tertiary/aromatic N) is 4. The Morgan fingerprint density at radius 2 is 2.00 bits per heavy atom. The van der Waals surface area contributed by atoms with Crippen LogP contribution in [-0.4, -0.2) is 19.7 Å². The summed E-state index contributed by atoms with van der Waals surface area (Å²) in [6, 6.07) is 8.49. The number of hydrogen-bond acceptors (Lipinski definition) is 4. The highest BCUT2D eigenvalue weighted by Crippen LogP contribution is 2.27. The zero-order valence-electron chi connectivity index (χ0n) is 12.7. The number of aromatic nitrogens is 4. The van der Waals surface area contributed by atoms with Crippen molar-refractivity contribution in [2.75, 3.05) is 5.32 Å². The molecular formula is C16H14F3N5. The van der Waals surface area contributed by atoms with Crippen LogP contribution in [0.4, 0.5) is 19.1 Å². The van der Waals surface area contributed by atoms with Crippen LogP contribution in [-0.2, 0) is 19.8 Å². The molecule has 5 nitrogen and oxygen atoms in total. The van der Waals surface area contributed by atoms with Gasteiger partial charge in [0.1, 0.15) is 5.69 Å². The summed E-state index contributed by atoms with van der Waals surface area (Å²) in [6.45, 7) is 0.315. The summed E-state index contributed by atoms with van der Waals surface area (Å²) in [5.74, 6) is -0.0587. The molecule has 0 aliphatic heterocycles. The molecule has 0 aliphatic rings. The molecule has 2 aromatic heterocycles. The van der Waals surface area contributed by atoms with Gasteiger partial charge in [0.25, 0.3) is 0 Å². The number of halogens is 3. The van der Waals surface area contributed by atoms with Gasteiger partial charge in [0, 0.05) is 31.5 Å². The summed E-state index contributed by atoms with van der Waals surface area (Å²) in [5, 5.41) is 6.94. The van der Waals surface area contributed by atoms with Crippen molar-refractivity contribution >= 4 is 5.95 Å². The lowest BCUT2D eigenvalue weighted by molar-refractivity contribution is -0.141. The maximum atomic E-state index is 12.6. The minimum Gasteiger partial charge on any atom is -0.350 e. The van der Waals surface area contributed by atoms with Gasteiger partial charge in [-0.1, -0.05) is 18.2 Å². The fraction of sp³-hybridized carbons (Fsp3) is 0.188. The number of nitrogens with one attached hydrogen (secondary N) is 1. The van der Waals surface area contributed by atoms with Gasteiger partial charge in [-0.2, -0.15) is 18.3 Å². The van der Waals surface area contributed by atoms with Crippen molar-refractivity contribution in [3.8, 4) is 11.1 Å². The third-order valence-corrected chi connectivity index (χ3v) is 3.36. The molecule has 0 saturated carbocycles. The molecule has 0 bridgehead atoms. The van der Waals surface area contributed by atoms with Crippen LogP contribution in [0, 0.1) is 0 Å². The van der Waals surface area contributed by atoms with Crippen LogP contribution in [0.3, 0.4) is 0 Å². The van der Waals surface area contributed by atoms with Crippen LogP contribution in [0.1, 0.15) is 11.3 Å². The van der Waals surface area contributed by atoms with Crippen molar-refractivity contribution in [2.24, 2.45) is 7.05 Å². The number of aryl methyl sites for hydroxylation is 1. The van der Waals surface area contributed by atoms with Gasteiger partial charge in [0.15, 0.2) is 0 Å². The van der Waals surface area contributed by atoms with Crippen molar-refractivity contribution < 1.29 is 13.2 Å². The van der Waals surface area contributed by atoms with E-state index in [2.05, 4.69) is 20.4 Å². The molecule has 124 valence electrons. The standard InChI is InChI=1S/C16H14F3N5/c1-24-10-13(9-22-24)12-4-2-3-11(7-12)8-21-15-20-6-5-14(23-15)16(17,18)19/h2-7,9-10H,8H2,1H3,(H,20,21,23). The molecule has 0 atom stereocenters. The molecular weight excluding hydrogens is 319 g/mol. The van der Waals surface area contributed by atoms with E-state index in [0.29, 0.717) is 6.54 Å². The maximum Gasteiger partial charge on any atom is 0.433 e. The Balaban J connectivity index is 1.73. The normalized spacial score (nSPS) is 11.5. The number of alkyl halides is 3. The van der Waals surface area contributed by atoms with Gasteiger partial charge in [-0.25, -0.2) is 9.97 Å². The highest BCUT2D eigenvalue weighted by Gasteiger charge is 2.32. The first-order valence-corrected chi connectivity index (χ1v) is 7.14. The molecule has 0 amide bonds. The van der Waals surface area contributed by atoms with Crippen LogP contribution in [0.5, 0.6) is 0 Å². The van der Waals surface area contributed by atoms with Gasteiger partial charge in [-0.3, -0.25) is 4.68 Å². The predicted octanol–water partition coefficient (Wildman–Crippen LogP) is 3.51. The molecule has 0 aliphatic carbocycles. The molecule has 3 rings (SSSR count). The lowest BCUT2D eigenvalue weighted by atomic mass is 10.1. The second kappa shape index (κ2) is 6.31. The van der Waals surface area contributed by atoms with E-state index < -0.39 is 11.9 Å². The first-order valence-electron chi connectivity index (χ1n) is 7.14. The second-order valence-corrected chi connectivity index (χ2v) is 5.22. The second-order valence-electron chi connectivity index (χ2n) is 5.22. The molecule has 24 heavy (non-hydrogen) atoms. The summed E-state index contributed by atoms with van der Waals surface area (Å²) in [5.41, 5.74) is 1.88. The number of rotatable bonds is 4. The molecule has 0 fully saturated rings. The summed E-state index contributed by atoms with van der Waals surface area (Å²) in [6.07, 6.45) is 0.245. The van der Waals surface area contributed by atoms with Crippen LogP contribution in [0.2, 0.25) is 0 Å². The van der Waals surface area contributed by atoms with Crippen molar-refractivity contribution in [3.05, 3.63) is 60.2 Å². The minimum atomic E-state index is -4.49. The summed E-state index contributed by atoms with van der Waals surface area (Å²) in [7, 11) is 1.83. The Kier molecular flexibility index (Phi) is 4.20. The SMILES string of the molecule is Cn1cc(-c2cccc(CNc3nccc(C(F)(F)F)n3)c2)cn1. The van der Waals surface area contributed by atoms with Gasteiger partial charge in [0.05, 0.1) is 6.20 Å². The van der Waals surface area contributed by atoms with Gasteiger partial charge in [0.2, 0.25) is 5.95 Å². The van der Waals surface area contributed by atoms with E-state index in [1.165, 1.54) is 0 Å². The fourth-order valence-electron chi connectivity index (χ4n) is 2.21. The van der Waals surface area contributed by atoms with Gasteiger partial charge >= 0.3 is 6.18 Å². The number of hydrogen-bond donors (Lipinski definition) is 1. The Hall–Kier alpha value is -2.90. The van der Waals surface area contributed by atoms with Crippen LogP contribution in [0.25, 0.3) is 11.1 Å². The Labute approximate surface area is 136 Å². The average Bonchev–Trinajstić information content (AvgIpc) is 2.99. The quantitative estimate of drug-likeness (QED) is 0.794. The minimum absolute atomic E-state index is 0.0587. The van der Waals surface area contributed by atoms with E-state index in [1.54, 1.807) is 10.9 Å². The van der Waals surface area contributed by atoms with E-state index in [0.717, 1.165) is 29.0 Å². The largest absolute Gasteiger partial charge is 0.433 e. The van der Waals surface area contributed by atoms with Crippen molar-refractivity contribution in [1.29, 1.82) is 0 Å². The first kappa shape index (κ1) is 16.0. The van der Waals surface area contributed by atoms with Gasteiger partial charge < -0.3 is 5.32 Å². The first-order chi connectivity index (χ1) is 11.4. The zero-order valence-corrected chi connectivity index (χ0v) is 12.7. The van der Waals surface area contributed by atoms with Crippen LogP contribution >= 0.6 is 0 Å².